The fourth-order valence-corrected chi connectivity index (χ4v) is 5.10. The van der Waals surface area contributed by atoms with Crippen molar-refractivity contribution in [3.05, 3.63) is 12.2 Å². The van der Waals surface area contributed by atoms with Gasteiger partial charge in [0.25, 0.3) is 5.91 Å². The van der Waals surface area contributed by atoms with E-state index in [2.05, 4.69) is 37.4 Å². The van der Waals surface area contributed by atoms with E-state index in [0.717, 1.165) is 25.8 Å². The number of amides is 2. The van der Waals surface area contributed by atoms with Gasteiger partial charge >= 0.3 is 6.09 Å². The zero-order valence-electron chi connectivity index (χ0n) is 21.7. The van der Waals surface area contributed by atoms with Gasteiger partial charge in [-0.3, -0.25) is 9.36 Å². The van der Waals surface area contributed by atoms with Gasteiger partial charge in [0.05, 0.1) is 6.33 Å². The van der Waals surface area contributed by atoms with E-state index in [1.165, 1.54) is 10.9 Å². The number of rotatable bonds is 5. The number of carbonyl (C=O) groups is 2. The van der Waals surface area contributed by atoms with E-state index in [-0.39, 0.29) is 29.5 Å². The fourth-order valence-electron chi connectivity index (χ4n) is 5.10. The van der Waals surface area contributed by atoms with Crippen LogP contribution in [0.15, 0.2) is 6.33 Å². The maximum absolute atomic E-state index is 12.4. The minimum atomic E-state index is -1.43. The number of carbonyl (C=O) groups excluding carboxylic acids is 2. The first-order valence-corrected chi connectivity index (χ1v) is 13.3. The summed E-state index contributed by atoms with van der Waals surface area (Å²) in [5.41, 5.74) is 6.66. The lowest BCUT2D eigenvalue weighted by molar-refractivity contribution is -0.137. The maximum atomic E-state index is 12.4. The molecule has 0 bridgehead atoms. The van der Waals surface area contributed by atoms with E-state index in [1.807, 2.05) is 0 Å². The minimum Gasteiger partial charge on any atom is -0.445 e. The Morgan fingerprint density at radius 3 is 2.77 bits per heavy atom. The molecule has 0 radical (unpaired) electrons. The Bertz CT molecular complexity index is 1260. The molecule has 5 unspecified atom stereocenters. The van der Waals surface area contributed by atoms with Crippen LogP contribution in [0.4, 0.5) is 10.6 Å². The number of ether oxygens (including phenoxy) is 2. The van der Waals surface area contributed by atoms with E-state index in [1.54, 1.807) is 11.8 Å². The van der Waals surface area contributed by atoms with Crippen LogP contribution in [-0.2, 0) is 14.3 Å². The van der Waals surface area contributed by atoms with Gasteiger partial charge in [-0.1, -0.05) is 5.92 Å². The number of imidazole rings is 1. The third-order valence-corrected chi connectivity index (χ3v) is 7.32. The van der Waals surface area contributed by atoms with Gasteiger partial charge in [-0.2, -0.15) is 0 Å². The zero-order valence-corrected chi connectivity index (χ0v) is 21.7. The number of anilines is 1. The minimum absolute atomic E-state index is 0.0438. The molecule has 39 heavy (non-hydrogen) atoms. The van der Waals surface area contributed by atoms with Crippen molar-refractivity contribution in [2.75, 3.05) is 38.5 Å². The third kappa shape index (κ3) is 5.76. The molecular formula is C25H34N8O6. The Kier molecular flexibility index (Phi) is 8.12. The van der Waals surface area contributed by atoms with Crippen molar-refractivity contribution in [1.29, 1.82) is 0 Å². The van der Waals surface area contributed by atoms with Crippen molar-refractivity contribution in [2.24, 2.45) is 5.92 Å². The van der Waals surface area contributed by atoms with Crippen LogP contribution in [0.2, 0.25) is 0 Å². The molecule has 5 rings (SSSR count). The van der Waals surface area contributed by atoms with Gasteiger partial charge in [0.15, 0.2) is 23.8 Å². The molecule has 3 aliphatic heterocycles. The van der Waals surface area contributed by atoms with Gasteiger partial charge in [0, 0.05) is 32.6 Å². The number of aromatic nitrogens is 4. The highest BCUT2D eigenvalue weighted by molar-refractivity contribution is 5.83. The summed E-state index contributed by atoms with van der Waals surface area (Å²) >= 11 is 0. The molecule has 3 aliphatic rings. The predicted octanol–water partition coefficient (Wildman–Crippen LogP) is -0.884. The number of aliphatic hydroxyl groups excluding tert-OH is 2. The van der Waals surface area contributed by atoms with Crippen LogP contribution in [0.3, 0.4) is 0 Å². The van der Waals surface area contributed by atoms with Crippen molar-refractivity contribution < 1.29 is 29.3 Å². The van der Waals surface area contributed by atoms with Gasteiger partial charge < -0.3 is 41.0 Å². The standard InChI is InChI=1S/C25H34N8O6/c1-2-28-23(36)20-18(34)19(35)24(39-20)33-13-29-17-21(26)30-16(31-22(17)33)5-3-4-14-7-10-32(11-8-14)25(37)38-15-6-9-27-12-15/h13-15,18-20,24,27,34-35H,2,4,6-12H2,1H3,(H,28,36)(H2,26,30,31). The highest BCUT2D eigenvalue weighted by Crippen LogP contribution is 2.32. The number of hydrogen-bond acceptors (Lipinski definition) is 11. The molecule has 2 aromatic rings. The Morgan fingerprint density at radius 2 is 2.05 bits per heavy atom. The summed E-state index contributed by atoms with van der Waals surface area (Å²) < 4.78 is 12.7. The summed E-state index contributed by atoms with van der Waals surface area (Å²) in [6, 6.07) is 0. The molecule has 14 heteroatoms. The van der Waals surface area contributed by atoms with Crippen molar-refractivity contribution in [2.45, 2.75) is 63.3 Å². The first kappa shape index (κ1) is 27.1. The van der Waals surface area contributed by atoms with Crippen molar-refractivity contribution >= 4 is 29.0 Å². The summed E-state index contributed by atoms with van der Waals surface area (Å²) in [5, 5.41) is 26.7. The van der Waals surface area contributed by atoms with E-state index >= 15 is 0 Å². The van der Waals surface area contributed by atoms with Crippen LogP contribution in [0, 0.1) is 17.8 Å². The molecule has 0 aromatic carbocycles. The Labute approximate surface area is 225 Å². The summed E-state index contributed by atoms with van der Waals surface area (Å²) in [6.07, 6.45) is -0.963. The normalized spacial score (nSPS) is 27.4. The quantitative estimate of drug-likeness (QED) is 0.295. The van der Waals surface area contributed by atoms with Crippen LogP contribution in [0.5, 0.6) is 0 Å². The number of piperidine rings is 1. The number of nitrogens with zero attached hydrogens (tertiary/aromatic N) is 5. The molecule has 210 valence electrons. The summed E-state index contributed by atoms with van der Waals surface area (Å²) in [5.74, 6) is 6.18. The van der Waals surface area contributed by atoms with Crippen LogP contribution in [-0.4, -0.2) is 104 Å². The molecule has 6 N–H and O–H groups in total. The molecular weight excluding hydrogens is 508 g/mol. The van der Waals surface area contributed by atoms with E-state index in [4.69, 9.17) is 15.2 Å². The Hall–Kier alpha value is -3.51. The first-order chi connectivity index (χ1) is 18.9. The molecule has 5 atom stereocenters. The average molecular weight is 543 g/mol. The highest BCUT2D eigenvalue weighted by Gasteiger charge is 2.47. The number of aliphatic hydroxyl groups is 2. The van der Waals surface area contributed by atoms with Gasteiger partial charge in [-0.15, -0.1) is 0 Å². The zero-order chi connectivity index (χ0) is 27.5. The monoisotopic (exact) mass is 542 g/mol. The van der Waals surface area contributed by atoms with Crippen LogP contribution < -0.4 is 16.4 Å². The number of hydrogen-bond donors (Lipinski definition) is 5. The second-order valence-corrected chi connectivity index (χ2v) is 10.0. The maximum Gasteiger partial charge on any atom is 0.410 e. The summed E-state index contributed by atoms with van der Waals surface area (Å²) in [7, 11) is 0. The lowest BCUT2D eigenvalue weighted by Gasteiger charge is -2.31. The molecule has 0 spiro atoms. The molecule has 2 amide bonds. The molecule has 3 fully saturated rings. The summed E-state index contributed by atoms with van der Waals surface area (Å²) in [4.78, 5) is 39.3. The fraction of sp³-hybridized carbons (Fsp3) is 0.640. The number of likely N-dealkylation sites (N-methyl/N-ethyl adjacent to an activating group) is 1. The highest BCUT2D eigenvalue weighted by atomic mass is 16.6. The predicted molar refractivity (Wildman–Crippen MR) is 138 cm³/mol. The molecule has 0 saturated carbocycles. The lowest BCUT2D eigenvalue weighted by atomic mass is 9.94. The number of nitrogens with two attached hydrogens (primary N) is 1. The number of nitrogens with one attached hydrogen (secondary N) is 2. The van der Waals surface area contributed by atoms with E-state index in [0.29, 0.717) is 44.0 Å². The van der Waals surface area contributed by atoms with E-state index < -0.39 is 30.4 Å². The van der Waals surface area contributed by atoms with Gasteiger partial charge in [-0.05, 0) is 44.6 Å². The third-order valence-electron chi connectivity index (χ3n) is 7.32. The van der Waals surface area contributed by atoms with Crippen LogP contribution >= 0.6 is 0 Å². The van der Waals surface area contributed by atoms with Crippen LogP contribution in [0.1, 0.15) is 44.7 Å². The molecule has 2 aromatic heterocycles. The van der Waals surface area contributed by atoms with Crippen molar-refractivity contribution in [3.8, 4) is 11.8 Å². The Balaban J connectivity index is 1.22. The van der Waals surface area contributed by atoms with Gasteiger partial charge in [0.2, 0.25) is 5.82 Å². The van der Waals surface area contributed by atoms with Crippen LogP contribution in [0.25, 0.3) is 11.2 Å². The van der Waals surface area contributed by atoms with Crippen molar-refractivity contribution in [3.63, 3.8) is 0 Å². The largest absolute Gasteiger partial charge is 0.445 e. The van der Waals surface area contributed by atoms with E-state index in [9.17, 15) is 19.8 Å². The van der Waals surface area contributed by atoms with Crippen molar-refractivity contribution in [1.82, 2.24) is 35.1 Å². The second kappa shape index (κ2) is 11.7. The average Bonchev–Trinajstić information content (AvgIpc) is 3.65. The topological polar surface area (TPSA) is 190 Å². The van der Waals surface area contributed by atoms with Gasteiger partial charge in [-0.25, -0.2) is 19.7 Å². The number of likely N-dealkylation sites (tertiary alicyclic amines) is 1. The second-order valence-electron chi connectivity index (χ2n) is 10.0. The molecule has 14 nitrogen and oxygen atoms in total. The summed E-state index contributed by atoms with van der Waals surface area (Å²) in [6.45, 7) is 4.95. The van der Waals surface area contributed by atoms with Gasteiger partial charge in [0.1, 0.15) is 23.8 Å². The molecule has 5 heterocycles. The number of fused-ring (bicyclic) bond motifs is 1. The SMILES string of the molecule is CCNC(=O)C1OC(n2cnc3c(N)nc(C#CCC4CCN(C(=O)OC5CCNC5)CC4)nc32)C(O)C1O. The molecule has 0 aliphatic carbocycles. The smallest absolute Gasteiger partial charge is 0.410 e. The Morgan fingerprint density at radius 1 is 1.26 bits per heavy atom. The number of nitrogen functional groups attached to an aromatic ring is 1. The first-order valence-electron chi connectivity index (χ1n) is 13.3. The lowest BCUT2D eigenvalue weighted by Crippen LogP contribution is -2.42. The molecule has 3 saturated heterocycles.